The summed E-state index contributed by atoms with van der Waals surface area (Å²) in [4.78, 5) is 4.35. The summed E-state index contributed by atoms with van der Waals surface area (Å²) in [6, 6.07) is 28.2. The fourth-order valence-corrected chi connectivity index (χ4v) is 6.27. The Labute approximate surface area is 176 Å². The Bertz CT molecular complexity index is 1100. The predicted molar refractivity (Wildman–Crippen MR) is 120 cm³/mol. The standard InChI is InChI=1S/C25H20N3OP/c26-17-14-24(21-9-3-1-4-10-21)30(29,20-16-23-13-7-8-19-28-23)25(15-18-27)22-11-5-2-6-12-22/h1-15,19H,16,20H2/b24-14-,25-15-. The molecule has 1 aromatic heterocycles. The Morgan fingerprint density at radius 1 is 0.800 bits per heavy atom. The molecular formula is C25H20N3OP. The lowest BCUT2D eigenvalue weighted by molar-refractivity contribution is 0.587. The maximum absolute atomic E-state index is 14.7. The molecule has 3 rings (SSSR count). The summed E-state index contributed by atoms with van der Waals surface area (Å²) in [5, 5.41) is 19.9. The molecule has 0 fully saturated rings. The molecule has 4 nitrogen and oxygen atoms in total. The molecule has 3 aromatic rings. The van der Waals surface area contributed by atoms with Crippen LogP contribution in [0.25, 0.3) is 10.6 Å². The number of hydrogen-bond acceptors (Lipinski definition) is 4. The number of pyridine rings is 1. The largest absolute Gasteiger partial charge is 0.314 e. The Hall–Kier alpha value is -3.72. The van der Waals surface area contributed by atoms with Gasteiger partial charge < -0.3 is 4.57 Å². The van der Waals surface area contributed by atoms with Gasteiger partial charge >= 0.3 is 0 Å². The molecule has 0 saturated heterocycles. The molecule has 0 bridgehead atoms. The van der Waals surface area contributed by atoms with Crippen molar-refractivity contribution in [2.75, 3.05) is 6.16 Å². The first-order valence-corrected chi connectivity index (χ1v) is 11.4. The van der Waals surface area contributed by atoms with Crippen LogP contribution in [0.3, 0.4) is 0 Å². The Kier molecular flexibility index (Phi) is 7.12. The summed E-state index contributed by atoms with van der Waals surface area (Å²) in [6.45, 7) is 0. The van der Waals surface area contributed by atoms with Crippen molar-refractivity contribution >= 4 is 17.8 Å². The topological polar surface area (TPSA) is 77.5 Å². The van der Waals surface area contributed by atoms with Crippen molar-refractivity contribution in [1.82, 2.24) is 4.98 Å². The molecule has 146 valence electrons. The number of aryl methyl sites for hydroxylation is 1. The van der Waals surface area contributed by atoms with Gasteiger partial charge in [-0.15, -0.1) is 0 Å². The minimum Gasteiger partial charge on any atom is -0.314 e. The fourth-order valence-electron chi connectivity index (χ4n) is 3.32. The normalized spacial score (nSPS) is 13.7. The van der Waals surface area contributed by atoms with Gasteiger partial charge in [-0.25, -0.2) is 0 Å². The summed E-state index contributed by atoms with van der Waals surface area (Å²) >= 11 is 0. The van der Waals surface area contributed by atoms with Crippen LogP contribution in [0.15, 0.2) is 97.2 Å². The van der Waals surface area contributed by atoms with E-state index < -0.39 is 7.14 Å². The van der Waals surface area contributed by atoms with Crippen molar-refractivity contribution in [1.29, 1.82) is 10.5 Å². The van der Waals surface area contributed by atoms with Crippen molar-refractivity contribution in [3.63, 3.8) is 0 Å². The number of hydrogen-bond donors (Lipinski definition) is 0. The van der Waals surface area contributed by atoms with E-state index in [4.69, 9.17) is 0 Å². The second kappa shape index (κ2) is 10.2. The van der Waals surface area contributed by atoms with Crippen LogP contribution in [0.1, 0.15) is 16.8 Å². The average Bonchev–Trinajstić information content (AvgIpc) is 2.81. The zero-order valence-corrected chi connectivity index (χ0v) is 17.2. The Morgan fingerprint density at radius 2 is 1.30 bits per heavy atom. The van der Waals surface area contributed by atoms with Crippen LogP contribution in [-0.2, 0) is 11.0 Å². The van der Waals surface area contributed by atoms with Gasteiger partial charge in [-0.2, -0.15) is 10.5 Å². The van der Waals surface area contributed by atoms with E-state index in [1.165, 1.54) is 12.2 Å². The fraction of sp³-hybridized carbons (Fsp3) is 0.0800. The van der Waals surface area contributed by atoms with Gasteiger partial charge in [0.2, 0.25) is 0 Å². The van der Waals surface area contributed by atoms with Gasteiger partial charge in [0.15, 0.2) is 0 Å². The summed E-state index contributed by atoms with van der Waals surface area (Å²) in [5.74, 6) is 0. The van der Waals surface area contributed by atoms with Crippen LogP contribution >= 0.6 is 7.14 Å². The Balaban J connectivity index is 2.18. The van der Waals surface area contributed by atoms with Crippen LogP contribution in [0.2, 0.25) is 0 Å². The van der Waals surface area contributed by atoms with Gasteiger partial charge in [-0.1, -0.05) is 66.7 Å². The maximum Gasteiger partial charge on any atom is 0.146 e. The van der Waals surface area contributed by atoms with Crippen LogP contribution < -0.4 is 0 Å². The third-order valence-electron chi connectivity index (χ3n) is 4.73. The molecule has 0 N–H and O–H groups in total. The first-order chi connectivity index (χ1) is 14.7. The number of nitriles is 2. The molecule has 0 unspecified atom stereocenters. The smallest absolute Gasteiger partial charge is 0.146 e. The summed E-state index contributed by atoms with van der Waals surface area (Å²) in [5.41, 5.74) is 2.23. The lowest BCUT2D eigenvalue weighted by Crippen LogP contribution is -2.02. The average molecular weight is 409 g/mol. The molecule has 0 aliphatic heterocycles. The second-order valence-corrected chi connectivity index (χ2v) is 9.47. The number of allylic oxidation sites excluding steroid dienone is 2. The number of rotatable bonds is 7. The highest BCUT2D eigenvalue weighted by atomic mass is 31.2. The van der Waals surface area contributed by atoms with Gasteiger partial charge in [0.05, 0.1) is 12.1 Å². The first kappa shape index (κ1) is 21.0. The van der Waals surface area contributed by atoms with Crippen molar-refractivity contribution in [2.45, 2.75) is 6.42 Å². The number of benzene rings is 2. The lowest BCUT2D eigenvalue weighted by atomic mass is 10.2. The van der Waals surface area contributed by atoms with E-state index in [2.05, 4.69) is 17.1 Å². The van der Waals surface area contributed by atoms with E-state index in [0.717, 1.165) is 5.69 Å². The molecule has 5 heteroatoms. The molecular weight excluding hydrogens is 389 g/mol. The molecule has 2 aromatic carbocycles. The molecule has 0 atom stereocenters. The lowest BCUT2D eigenvalue weighted by Gasteiger charge is -2.24. The monoisotopic (exact) mass is 409 g/mol. The third kappa shape index (κ3) is 4.81. The van der Waals surface area contributed by atoms with E-state index in [-0.39, 0.29) is 6.16 Å². The third-order valence-corrected chi connectivity index (χ3v) is 7.91. The van der Waals surface area contributed by atoms with Gasteiger partial charge in [0.1, 0.15) is 7.14 Å². The summed E-state index contributed by atoms with van der Waals surface area (Å²) < 4.78 is 14.7. The number of aromatic nitrogens is 1. The summed E-state index contributed by atoms with van der Waals surface area (Å²) in [6.07, 6.45) is 5.12. The van der Waals surface area contributed by atoms with E-state index in [1.54, 1.807) is 6.20 Å². The predicted octanol–water partition coefficient (Wildman–Crippen LogP) is 6.12. The van der Waals surface area contributed by atoms with Crippen molar-refractivity contribution in [3.8, 4) is 12.1 Å². The zero-order valence-electron chi connectivity index (χ0n) is 16.3. The molecule has 0 aliphatic rings. The van der Waals surface area contributed by atoms with E-state index >= 15 is 0 Å². The van der Waals surface area contributed by atoms with Crippen molar-refractivity contribution in [2.24, 2.45) is 0 Å². The molecule has 0 spiro atoms. The van der Waals surface area contributed by atoms with Crippen LogP contribution in [-0.4, -0.2) is 11.1 Å². The summed E-state index contributed by atoms with van der Waals surface area (Å²) in [7, 11) is -3.34. The van der Waals surface area contributed by atoms with Gasteiger partial charge in [-0.3, -0.25) is 4.98 Å². The molecule has 0 saturated carbocycles. The maximum atomic E-state index is 14.7. The van der Waals surface area contributed by atoms with Gasteiger partial charge in [-0.05, 0) is 29.7 Å². The Morgan fingerprint density at radius 3 is 1.73 bits per heavy atom. The minimum absolute atomic E-state index is 0.259. The van der Waals surface area contributed by atoms with Crippen LogP contribution in [0.4, 0.5) is 0 Å². The minimum atomic E-state index is -3.34. The highest BCUT2D eigenvalue weighted by Crippen LogP contribution is 2.68. The van der Waals surface area contributed by atoms with Gasteiger partial charge in [0.25, 0.3) is 0 Å². The molecule has 30 heavy (non-hydrogen) atoms. The SMILES string of the molecule is N#C/C=C(/c1ccccc1)P(=O)(CCc1ccccn1)/C(=C\C#N)c1ccccc1. The van der Waals surface area contributed by atoms with Gasteiger partial charge in [0, 0.05) is 40.8 Å². The van der Waals surface area contributed by atoms with Crippen LogP contribution in [0, 0.1) is 22.7 Å². The van der Waals surface area contributed by atoms with Crippen molar-refractivity contribution < 1.29 is 4.57 Å². The zero-order chi connectivity index (χ0) is 21.2. The van der Waals surface area contributed by atoms with E-state index in [9.17, 15) is 15.1 Å². The van der Waals surface area contributed by atoms with Crippen LogP contribution in [0.5, 0.6) is 0 Å². The number of nitrogens with zero attached hydrogens (tertiary/aromatic N) is 3. The molecule has 0 amide bonds. The van der Waals surface area contributed by atoms with E-state index in [1.807, 2.05) is 78.9 Å². The highest BCUT2D eigenvalue weighted by Gasteiger charge is 2.34. The molecule has 0 radical (unpaired) electrons. The second-order valence-electron chi connectivity index (χ2n) is 6.58. The molecule has 1 heterocycles. The van der Waals surface area contributed by atoms with E-state index in [0.29, 0.717) is 28.2 Å². The molecule has 0 aliphatic carbocycles. The highest BCUT2D eigenvalue weighted by molar-refractivity contribution is 7.83. The first-order valence-electron chi connectivity index (χ1n) is 9.49. The van der Waals surface area contributed by atoms with Crippen molar-refractivity contribution in [3.05, 3.63) is 114 Å². The quantitative estimate of drug-likeness (QED) is 0.348.